The Labute approximate surface area is 136 Å². The molecule has 2 aromatic rings. The highest BCUT2D eigenvalue weighted by molar-refractivity contribution is 5.89. The molecule has 0 fully saturated rings. The summed E-state index contributed by atoms with van der Waals surface area (Å²) in [6.45, 7) is 2.69. The number of carbonyl (C=O) groups excluding carboxylic acids is 1. The van der Waals surface area contributed by atoms with Gasteiger partial charge in [-0.3, -0.25) is 4.79 Å². The Bertz CT molecular complexity index is 611. The number of ether oxygens (including phenoxy) is 1. The summed E-state index contributed by atoms with van der Waals surface area (Å²) in [5.41, 5.74) is 1.12. The van der Waals surface area contributed by atoms with Gasteiger partial charge in [0, 0.05) is 13.0 Å². The Morgan fingerprint density at radius 3 is 2.39 bits per heavy atom. The minimum Gasteiger partial charge on any atom is -0.497 e. The number of rotatable bonds is 8. The van der Waals surface area contributed by atoms with Crippen LogP contribution in [0.2, 0.25) is 0 Å². The molecule has 2 N–H and O–H groups in total. The topological polar surface area (TPSA) is 76.1 Å². The van der Waals surface area contributed by atoms with Crippen LogP contribution in [0.4, 0.5) is 11.6 Å². The molecule has 0 aliphatic heterocycles. The molecule has 23 heavy (non-hydrogen) atoms. The largest absolute Gasteiger partial charge is 0.497 e. The molecule has 1 amide bonds. The van der Waals surface area contributed by atoms with Crippen molar-refractivity contribution < 1.29 is 9.53 Å². The van der Waals surface area contributed by atoms with Gasteiger partial charge in [-0.1, -0.05) is 25.5 Å². The summed E-state index contributed by atoms with van der Waals surface area (Å²) in [5.74, 6) is 1.94. The Balaban J connectivity index is 1.83. The van der Waals surface area contributed by atoms with Gasteiger partial charge >= 0.3 is 0 Å². The SMILES string of the molecule is CCCCC(=O)Nc1ccc(NCc2ccc(OC)cc2)nn1. The van der Waals surface area contributed by atoms with Gasteiger partial charge in [0.15, 0.2) is 5.82 Å². The van der Waals surface area contributed by atoms with Crippen LogP contribution in [0.3, 0.4) is 0 Å². The molecule has 0 unspecified atom stereocenters. The van der Waals surface area contributed by atoms with Crippen molar-refractivity contribution in [2.45, 2.75) is 32.7 Å². The predicted octanol–water partition coefficient (Wildman–Crippen LogP) is 3.23. The van der Waals surface area contributed by atoms with Crippen molar-refractivity contribution >= 4 is 17.5 Å². The van der Waals surface area contributed by atoms with Gasteiger partial charge in [-0.15, -0.1) is 10.2 Å². The molecule has 0 spiro atoms. The fourth-order valence-corrected chi connectivity index (χ4v) is 1.97. The van der Waals surface area contributed by atoms with E-state index in [1.807, 2.05) is 24.3 Å². The maximum atomic E-state index is 11.6. The minimum atomic E-state index is -0.0277. The monoisotopic (exact) mass is 314 g/mol. The molecule has 0 atom stereocenters. The van der Waals surface area contributed by atoms with E-state index in [0.29, 0.717) is 24.6 Å². The zero-order valence-corrected chi connectivity index (χ0v) is 13.5. The highest BCUT2D eigenvalue weighted by atomic mass is 16.5. The minimum absolute atomic E-state index is 0.0277. The summed E-state index contributed by atoms with van der Waals surface area (Å²) in [4.78, 5) is 11.6. The fraction of sp³-hybridized carbons (Fsp3) is 0.353. The number of unbranched alkanes of at least 4 members (excludes halogenated alkanes) is 1. The maximum absolute atomic E-state index is 11.6. The van der Waals surface area contributed by atoms with Crippen molar-refractivity contribution in [1.82, 2.24) is 10.2 Å². The van der Waals surface area contributed by atoms with Crippen LogP contribution in [-0.2, 0) is 11.3 Å². The van der Waals surface area contributed by atoms with Crippen LogP contribution in [0.25, 0.3) is 0 Å². The fourth-order valence-electron chi connectivity index (χ4n) is 1.97. The number of hydrogen-bond acceptors (Lipinski definition) is 5. The zero-order chi connectivity index (χ0) is 16.5. The Hall–Kier alpha value is -2.63. The number of methoxy groups -OCH3 is 1. The van der Waals surface area contributed by atoms with E-state index in [1.54, 1.807) is 19.2 Å². The molecule has 1 heterocycles. The number of carbonyl (C=O) groups is 1. The lowest BCUT2D eigenvalue weighted by Gasteiger charge is -2.07. The lowest BCUT2D eigenvalue weighted by Crippen LogP contribution is -2.13. The van der Waals surface area contributed by atoms with E-state index in [0.717, 1.165) is 24.2 Å². The number of anilines is 2. The van der Waals surface area contributed by atoms with Gasteiger partial charge < -0.3 is 15.4 Å². The summed E-state index contributed by atoms with van der Waals surface area (Å²) < 4.78 is 5.12. The van der Waals surface area contributed by atoms with Crippen LogP contribution in [0, 0.1) is 0 Å². The second-order valence-corrected chi connectivity index (χ2v) is 5.16. The van der Waals surface area contributed by atoms with Gasteiger partial charge in [0.1, 0.15) is 11.6 Å². The summed E-state index contributed by atoms with van der Waals surface area (Å²) in [7, 11) is 1.64. The first-order chi connectivity index (χ1) is 11.2. The molecule has 0 bridgehead atoms. The molecule has 0 aliphatic rings. The summed E-state index contributed by atoms with van der Waals surface area (Å²) in [5, 5.41) is 14.0. The van der Waals surface area contributed by atoms with Crippen LogP contribution in [0.5, 0.6) is 5.75 Å². The van der Waals surface area contributed by atoms with Crippen molar-refractivity contribution in [2.24, 2.45) is 0 Å². The lowest BCUT2D eigenvalue weighted by molar-refractivity contribution is -0.116. The second-order valence-electron chi connectivity index (χ2n) is 5.16. The maximum Gasteiger partial charge on any atom is 0.225 e. The average Bonchev–Trinajstić information content (AvgIpc) is 2.60. The third kappa shape index (κ3) is 5.58. The van der Waals surface area contributed by atoms with Gasteiger partial charge in [0.25, 0.3) is 0 Å². The molecule has 0 radical (unpaired) electrons. The zero-order valence-electron chi connectivity index (χ0n) is 13.5. The van der Waals surface area contributed by atoms with Crippen molar-refractivity contribution in [2.75, 3.05) is 17.7 Å². The number of amides is 1. The molecule has 122 valence electrons. The Morgan fingerprint density at radius 1 is 1.09 bits per heavy atom. The standard InChI is InChI=1S/C17H22N4O2/c1-3-4-5-17(22)19-16-11-10-15(20-21-16)18-12-13-6-8-14(23-2)9-7-13/h6-11H,3-5,12H2,1-2H3,(H,18,20)(H,19,21,22). The summed E-state index contributed by atoms with van der Waals surface area (Å²) in [6, 6.07) is 11.3. The molecule has 2 rings (SSSR count). The molecular formula is C17H22N4O2. The van der Waals surface area contributed by atoms with E-state index in [-0.39, 0.29) is 5.91 Å². The molecule has 0 aliphatic carbocycles. The van der Waals surface area contributed by atoms with E-state index in [1.165, 1.54) is 0 Å². The average molecular weight is 314 g/mol. The third-order valence-corrected chi connectivity index (χ3v) is 3.32. The second kappa shape index (κ2) is 8.73. The molecule has 6 nitrogen and oxygen atoms in total. The molecule has 0 saturated heterocycles. The predicted molar refractivity (Wildman–Crippen MR) is 90.5 cm³/mol. The molecular weight excluding hydrogens is 292 g/mol. The van der Waals surface area contributed by atoms with Crippen LogP contribution < -0.4 is 15.4 Å². The molecule has 1 aromatic carbocycles. The van der Waals surface area contributed by atoms with E-state index in [2.05, 4.69) is 27.8 Å². The number of hydrogen-bond donors (Lipinski definition) is 2. The van der Waals surface area contributed by atoms with Crippen molar-refractivity contribution in [3.05, 3.63) is 42.0 Å². The van der Waals surface area contributed by atoms with E-state index in [4.69, 9.17) is 4.74 Å². The van der Waals surface area contributed by atoms with Gasteiger partial charge in [-0.05, 0) is 36.2 Å². The number of aromatic nitrogens is 2. The highest BCUT2D eigenvalue weighted by Gasteiger charge is 2.03. The highest BCUT2D eigenvalue weighted by Crippen LogP contribution is 2.13. The van der Waals surface area contributed by atoms with E-state index >= 15 is 0 Å². The third-order valence-electron chi connectivity index (χ3n) is 3.32. The van der Waals surface area contributed by atoms with Gasteiger partial charge in [-0.2, -0.15) is 0 Å². The van der Waals surface area contributed by atoms with E-state index in [9.17, 15) is 4.79 Å². The smallest absolute Gasteiger partial charge is 0.225 e. The molecule has 1 aromatic heterocycles. The quantitative estimate of drug-likeness (QED) is 0.782. The van der Waals surface area contributed by atoms with Crippen LogP contribution in [-0.4, -0.2) is 23.2 Å². The van der Waals surface area contributed by atoms with Gasteiger partial charge in [0.2, 0.25) is 5.91 Å². The Kier molecular flexibility index (Phi) is 6.35. The van der Waals surface area contributed by atoms with Crippen molar-refractivity contribution in [1.29, 1.82) is 0 Å². The summed E-state index contributed by atoms with van der Waals surface area (Å²) in [6.07, 6.45) is 2.38. The lowest BCUT2D eigenvalue weighted by atomic mass is 10.2. The number of nitrogens with zero attached hydrogens (tertiary/aromatic N) is 2. The van der Waals surface area contributed by atoms with Crippen LogP contribution >= 0.6 is 0 Å². The summed E-state index contributed by atoms with van der Waals surface area (Å²) >= 11 is 0. The van der Waals surface area contributed by atoms with Crippen molar-refractivity contribution in [3.63, 3.8) is 0 Å². The van der Waals surface area contributed by atoms with Crippen LogP contribution in [0.15, 0.2) is 36.4 Å². The van der Waals surface area contributed by atoms with Crippen LogP contribution in [0.1, 0.15) is 31.7 Å². The first kappa shape index (κ1) is 16.7. The van der Waals surface area contributed by atoms with Gasteiger partial charge in [0.05, 0.1) is 7.11 Å². The van der Waals surface area contributed by atoms with E-state index < -0.39 is 0 Å². The molecule has 0 saturated carbocycles. The Morgan fingerprint density at radius 2 is 1.78 bits per heavy atom. The first-order valence-electron chi connectivity index (χ1n) is 7.71. The van der Waals surface area contributed by atoms with Crippen molar-refractivity contribution in [3.8, 4) is 5.75 Å². The number of benzene rings is 1. The van der Waals surface area contributed by atoms with Gasteiger partial charge in [-0.25, -0.2) is 0 Å². The normalized spacial score (nSPS) is 10.2. The molecule has 6 heteroatoms. The first-order valence-corrected chi connectivity index (χ1v) is 7.71. The number of nitrogens with one attached hydrogen (secondary N) is 2.